The van der Waals surface area contributed by atoms with Gasteiger partial charge in [0.05, 0.1) is 0 Å². The summed E-state index contributed by atoms with van der Waals surface area (Å²) in [6.07, 6.45) is -1.21. The summed E-state index contributed by atoms with van der Waals surface area (Å²) in [6, 6.07) is 5.37. The van der Waals surface area contributed by atoms with E-state index in [0.29, 0.717) is 5.75 Å². The lowest BCUT2D eigenvalue weighted by Gasteiger charge is -2.22. The lowest BCUT2D eigenvalue weighted by Crippen LogP contribution is -2.39. The molecule has 0 saturated heterocycles. The van der Waals surface area contributed by atoms with Crippen molar-refractivity contribution in [3.05, 3.63) is 29.3 Å². The van der Waals surface area contributed by atoms with Gasteiger partial charge in [0.2, 0.25) is 0 Å². The average molecular weight is 206 g/mol. The van der Waals surface area contributed by atoms with E-state index >= 15 is 0 Å². The molecule has 0 fully saturated rings. The molecule has 1 aromatic carbocycles. The molecule has 0 radical (unpaired) electrons. The van der Waals surface area contributed by atoms with Crippen LogP contribution in [-0.4, -0.2) is 23.0 Å². The number of aliphatic carboxylic acids is 1. The first-order chi connectivity index (χ1) is 7.08. The summed E-state index contributed by atoms with van der Waals surface area (Å²) in [4.78, 5) is 22.1. The number of carboxylic acid groups (broad SMARTS) is 1. The second-order valence-electron chi connectivity index (χ2n) is 3.59. The summed E-state index contributed by atoms with van der Waals surface area (Å²) < 4.78 is 5.11. The van der Waals surface area contributed by atoms with Crippen LogP contribution in [0.2, 0.25) is 0 Å². The third-order valence-corrected chi connectivity index (χ3v) is 2.34. The number of carbonyl (C=O) groups is 2. The molecule has 0 bridgehead atoms. The van der Waals surface area contributed by atoms with E-state index < -0.39 is 17.9 Å². The number of benzene rings is 1. The van der Waals surface area contributed by atoms with Gasteiger partial charge in [0.15, 0.2) is 5.78 Å². The number of hydrogen-bond donors (Lipinski definition) is 1. The van der Waals surface area contributed by atoms with Crippen molar-refractivity contribution in [3.63, 3.8) is 0 Å². The van der Waals surface area contributed by atoms with E-state index in [1.165, 1.54) is 0 Å². The quantitative estimate of drug-likeness (QED) is 0.695. The molecule has 1 aromatic rings. The van der Waals surface area contributed by atoms with Gasteiger partial charge in [-0.25, -0.2) is 4.79 Å². The molecule has 78 valence electrons. The second-order valence-corrected chi connectivity index (χ2v) is 3.59. The molecule has 1 unspecified atom stereocenters. The topological polar surface area (TPSA) is 63.6 Å². The average Bonchev–Trinajstić information content (AvgIpc) is 2.15. The summed E-state index contributed by atoms with van der Waals surface area (Å²) in [5.41, 5.74) is 1.79. The Morgan fingerprint density at radius 2 is 2.27 bits per heavy atom. The van der Waals surface area contributed by atoms with Gasteiger partial charge in [-0.2, -0.15) is 0 Å². The molecule has 1 aliphatic heterocycles. The predicted octanol–water partition coefficient (Wildman–Crippen LogP) is 0.952. The molecular weight excluding hydrogens is 196 g/mol. The van der Waals surface area contributed by atoms with Crippen molar-refractivity contribution in [3.8, 4) is 5.75 Å². The smallest absolute Gasteiger partial charge is 0.352 e. The summed E-state index contributed by atoms with van der Waals surface area (Å²) in [5, 5.41) is 8.74. The normalized spacial score (nSPS) is 19.3. The van der Waals surface area contributed by atoms with Crippen molar-refractivity contribution in [2.75, 3.05) is 0 Å². The number of rotatable bonds is 1. The highest BCUT2D eigenvalue weighted by Gasteiger charge is 2.33. The van der Waals surface area contributed by atoms with Crippen LogP contribution in [0.25, 0.3) is 0 Å². The first-order valence-electron chi connectivity index (χ1n) is 4.59. The van der Waals surface area contributed by atoms with Crippen LogP contribution in [0.5, 0.6) is 5.75 Å². The minimum Gasteiger partial charge on any atom is -0.478 e. The zero-order chi connectivity index (χ0) is 11.0. The van der Waals surface area contributed by atoms with Gasteiger partial charge < -0.3 is 9.84 Å². The summed E-state index contributed by atoms with van der Waals surface area (Å²) in [5.74, 6) is -1.14. The number of fused-ring (bicyclic) bond motifs is 1. The van der Waals surface area contributed by atoms with Crippen LogP contribution in [0.4, 0.5) is 0 Å². The number of Topliss-reactive ketones (excluding diaryl/α,β-unsaturated/α-hetero) is 1. The third kappa shape index (κ3) is 1.70. The number of aryl methyl sites for hydroxylation is 1. The highest BCUT2D eigenvalue weighted by Crippen LogP contribution is 2.26. The lowest BCUT2D eigenvalue weighted by molar-refractivity contribution is -0.150. The molecule has 2 rings (SSSR count). The van der Waals surface area contributed by atoms with Crippen molar-refractivity contribution >= 4 is 11.8 Å². The Morgan fingerprint density at radius 1 is 1.53 bits per heavy atom. The zero-order valence-electron chi connectivity index (χ0n) is 8.19. The molecule has 0 saturated carbocycles. The molecule has 1 heterocycles. The van der Waals surface area contributed by atoms with E-state index in [1.807, 2.05) is 19.1 Å². The van der Waals surface area contributed by atoms with Crippen LogP contribution in [0.3, 0.4) is 0 Å². The van der Waals surface area contributed by atoms with Crippen LogP contribution in [-0.2, 0) is 16.0 Å². The van der Waals surface area contributed by atoms with E-state index in [1.54, 1.807) is 6.07 Å². The first kappa shape index (κ1) is 9.71. The Labute approximate surface area is 86.5 Å². The fraction of sp³-hybridized carbons (Fsp3) is 0.273. The molecular formula is C11H10O4. The summed E-state index contributed by atoms with van der Waals surface area (Å²) >= 11 is 0. The largest absolute Gasteiger partial charge is 0.478 e. The number of carbonyl (C=O) groups excluding carboxylic acids is 1. The van der Waals surface area contributed by atoms with Gasteiger partial charge in [0, 0.05) is 12.0 Å². The minimum absolute atomic E-state index is 0.133. The Morgan fingerprint density at radius 3 is 2.93 bits per heavy atom. The first-order valence-corrected chi connectivity index (χ1v) is 4.59. The van der Waals surface area contributed by atoms with Gasteiger partial charge in [-0.05, 0) is 13.0 Å². The Hall–Kier alpha value is -1.84. The van der Waals surface area contributed by atoms with Crippen LogP contribution < -0.4 is 4.74 Å². The maximum atomic E-state index is 11.4. The zero-order valence-corrected chi connectivity index (χ0v) is 8.19. The van der Waals surface area contributed by atoms with Gasteiger partial charge in [0.1, 0.15) is 5.75 Å². The highest BCUT2D eigenvalue weighted by atomic mass is 16.5. The molecule has 1 atom stereocenters. The second kappa shape index (κ2) is 3.38. The third-order valence-electron chi connectivity index (χ3n) is 2.34. The van der Waals surface area contributed by atoms with Gasteiger partial charge in [-0.1, -0.05) is 17.7 Å². The molecule has 4 heteroatoms. The van der Waals surface area contributed by atoms with Crippen LogP contribution in [0.1, 0.15) is 11.1 Å². The van der Waals surface area contributed by atoms with Crippen LogP contribution in [0, 0.1) is 6.92 Å². The van der Waals surface area contributed by atoms with Gasteiger partial charge in [-0.3, -0.25) is 4.79 Å². The SMILES string of the molecule is Cc1ccc2c(c1)CC(=O)C(C(=O)O)O2. The molecule has 1 N–H and O–H groups in total. The minimum atomic E-state index is -1.35. The van der Waals surface area contributed by atoms with Crippen molar-refractivity contribution in [1.29, 1.82) is 0 Å². The number of hydrogen-bond acceptors (Lipinski definition) is 3. The van der Waals surface area contributed by atoms with Gasteiger partial charge in [-0.15, -0.1) is 0 Å². The van der Waals surface area contributed by atoms with Crippen LogP contribution in [0.15, 0.2) is 18.2 Å². The van der Waals surface area contributed by atoms with Crippen LogP contribution >= 0.6 is 0 Å². The van der Waals surface area contributed by atoms with E-state index in [9.17, 15) is 9.59 Å². The maximum Gasteiger partial charge on any atom is 0.352 e. The van der Waals surface area contributed by atoms with Crippen molar-refractivity contribution in [1.82, 2.24) is 0 Å². The number of carboxylic acids is 1. The van der Waals surface area contributed by atoms with E-state index in [2.05, 4.69) is 0 Å². The van der Waals surface area contributed by atoms with E-state index in [0.717, 1.165) is 11.1 Å². The van der Waals surface area contributed by atoms with E-state index in [4.69, 9.17) is 9.84 Å². The molecule has 0 aliphatic carbocycles. The fourth-order valence-corrected chi connectivity index (χ4v) is 1.62. The molecule has 4 nitrogen and oxygen atoms in total. The highest BCUT2D eigenvalue weighted by molar-refractivity contribution is 6.03. The van der Waals surface area contributed by atoms with Gasteiger partial charge in [0.25, 0.3) is 6.10 Å². The molecule has 1 aliphatic rings. The number of ether oxygens (including phenoxy) is 1. The fourth-order valence-electron chi connectivity index (χ4n) is 1.62. The monoisotopic (exact) mass is 206 g/mol. The summed E-state index contributed by atoms with van der Waals surface area (Å²) in [7, 11) is 0. The Kier molecular flexibility index (Phi) is 2.19. The summed E-state index contributed by atoms with van der Waals surface area (Å²) in [6.45, 7) is 1.91. The Bertz CT molecular complexity index is 436. The van der Waals surface area contributed by atoms with Crippen molar-refractivity contribution < 1.29 is 19.4 Å². The van der Waals surface area contributed by atoms with Crippen molar-refractivity contribution in [2.24, 2.45) is 0 Å². The maximum absolute atomic E-state index is 11.4. The standard InChI is InChI=1S/C11H10O4/c1-6-2-3-9-7(4-6)5-8(12)10(15-9)11(13)14/h2-4,10H,5H2,1H3,(H,13,14). The van der Waals surface area contributed by atoms with E-state index in [-0.39, 0.29) is 6.42 Å². The van der Waals surface area contributed by atoms with Gasteiger partial charge >= 0.3 is 5.97 Å². The molecule has 0 spiro atoms. The molecule has 0 amide bonds. The van der Waals surface area contributed by atoms with Crippen molar-refractivity contribution in [2.45, 2.75) is 19.4 Å². The number of ketones is 1. The Balaban J connectivity index is 2.38. The molecule has 15 heavy (non-hydrogen) atoms. The molecule has 0 aromatic heterocycles. The predicted molar refractivity (Wildman–Crippen MR) is 51.9 cm³/mol. The lowest BCUT2D eigenvalue weighted by atomic mass is 9.99.